The molecule has 1 aromatic carbocycles. The number of anilines is 1. The van der Waals surface area contributed by atoms with E-state index in [1.807, 2.05) is 24.4 Å². The summed E-state index contributed by atoms with van der Waals surface area (Å²) in [5, 5.41) is 1.99. The lowest BCUT2D eigenvalue weighted by molar-refractivity contribution is -0.113. The van der Waals surface area contributed by atoms with Gasteiger partial charge in [0, 0.05) is 4.88 Å². The Kier molecular flexibility index (Phi) is 3.93. The number of carbonyl (C=O) groups excluding carboxylic acids is 1. The third kappa shape index (κ3) is 2.79. The summed E-state index contributed by atoms with van der Waals surface area (Å²) in [6.45, 7) is 2.00. The summed E-state index contributed by atoms with van der Waals surface area (Å²) < 4.78 is 13.5. The summed E-state index contributed by atoms with van der Waals surface area (Å²) in [5.41, 5.74) is 1.72. The van der Waals surface area contributed by atoms with Gasteiger partial charge in [-0.1, -0.05) is 24.0 Å². The molecule has 1 amide bonds. The van der Waals surface area contributed by atoms with Crippen molar-refractivity contribution in [2.24, 2.45) is 0 Å². The standard InChI is InChI=1S/C15H10FNOS3/c1-9-6-7-20-12(9)8-13-14(18)17(15(19)21-13)11-4-2-10(16)3-5-11/h2-8H,1H3/b13-8+. The van der Waals surface area contributed by atoms with Crippen molar-refractivity contribution in [3.63, 3.8) is 0 Å². The van der Waals surface area contributed by atoms with Crippen LogP contribution in [0.3, 0.4) is 0 Å². The monoisotopic (exact) mass is 335 g/mol. The number of hydrogen-bond donors (Lipinski definition) is 0. The molecular formula is C15H10FNOS3. The van der Waals surface area contributed by atoms with Gasteiger partial charge in [0.05, 0.1) is 10.6 Å². The van der Waals surface area contributed by atoms with Crippen molar-refractivity contribution < 1.29 is 9.18 Å². The lowest BCUT2D eigenvalue weighted by atomic mass is 10.2. The van der Waals surface area contributed by atoms with E-state index in [1.54, 1.807) is 23.5 Å². The molecule has 21 heavy (non-hydrogen) atoms. The third-order valence-electron chi connectivity index (χ3n) is 3.04. The number of benzene rings is 1. The minimum absolute atomic E-state index is 0.163. The zero-order valence-electron chi connectivity index (χ0n) is 11.0. The number of amides is 1. The maximum atomic E-state index is 13.0. The van der Waals surface area contributed by atoms with Gasteiger partial charge in [-0.25, -0.2) is 4.39 Å². The molecule has 0 spiro atoms. The quantitative estimate of drug-likeness (QED) is 0.591. The Morgan fingerprint density at radius 2 is 1.95 bits per heavy atom. The Morgan fingerprint density at radius 1 is 1.24 bits per heavy atom. The minimum atomic E-state index is -0.339. The van der Waals surface area contributed by atoms with Crippen LogP contribution in [0.5, 0.6) is 0 Å². The molecule has 6 heteroatoms. The van der Waals surface area contributed by atoms with E-state index in [2.05, 4.69) is 0 Å². The van der Waals surface area contributed by atoms with Crippen LogP contribution in [0.2, 0.25) is 0 Å². The first-order chi connectivity index (χ1) is 10.1. The summed E-state index contributed by atoms with van der Waals surface area (Å²) in [6.07, 6.45) is 1.86. The van der Waals surface area contributed by atoms with E-state index >= 15 is 0 Å². The number of aryl methyl sites for hydroxylation is 1. The van der Waals surface area contributed by atoms with Crippen molar-refractivity contribution in [1.82, 2.24) is 0 Å². The minimum Gasteiger partial charge on any atom is -0.268 e. The van der Waals surface area contributed by atoms with E-state index in [4.69, 9.17) is 12.2 Å². The molecule has 1 fully saturated rings. The average molecular weight is 335 g/mol. The predicted molar refractivity (Wildman–Crippen MR) is 91.1 cm³/mol. The number of thiophene rings is 1. The second-order valence-electron chi connectivity index (χ2n) is 4.46. The van der Waals surface area contributed by atoms with Crippen LogP contribution in [-0.2, 0) is 4.79 Å². The Bertz CT molecular complexity index is 749. The van der Waals surface area contributed by atoms with Gasteiger partial charge >= 0.3 is 0 Å². The molecule has 0 bridgehead atoms. The molecule has 106 valence electrons. The van der Waals surface area contributed by atoms with E-state index in [9.17, 15) is 9.18 Å². The second-order valence-corrected chi connectivity index (χ2v) is 7.08. The van der Waals surface area contributed by atoms with Crippen LogP contribution in [0.25, 0.3) is 6.08 Å². The molecule has 3 rings (SSSR count). The van der Waals surface area contributed by atoms with E-state index in [0.29, 0.717) is 14.9 Å². The smallest absolute Gasteiger partial charge is 0.268 e. The van der Waals surface area contributed by atoms with Crippen molar-refractivity contribution in [2.75, 3.05) is 4.90 Å². The van der Waals surface area contributed by atoms with E-state index in [1.165, 1.54) is 28.8 Å². The van der Waals surface area contributed by atoms with Gasteiger partial charge in [0.25, 0.3) is 5.91 Å². The maximum Gasteiger partial charge on any atom is 0.270 e. The molecule has 0 N–H and O–H groups in total. The normalized spacial score (nSPS) is 17.0. The molecule has 1 aromatic heterocycles. The molecular weight excluding hydrogens is 325 g/mol. The molecule has 1 saturated heterocycles. The Morgan fingerprint density at radius 3 is 2.57 bits per heavy atom. The summed E-state index contributed by atoms with van der Waals surface area (Å²) in [4.78, 5) is 15.6. The molecule has 0 saturated carbocycles. The number of thioether (sulfide) groups is 1. The van der Waals surface area contributed by atoms with Crippen molar-refractivity contribution in [1.29, 1.82) is 0 Å². The Labute approximate surface area is 135 Å². The van der Waals surface area contributed by atoms with Crippen LogP contribution in [0.1, 0.15) is 10.4 Å². The number of thiocarbonyl (C=S) groups is 1. The molecule has 0 unspecified atom stereocenters. The van der Waals surface area contributed by atoms with Crippen LogP contribution >= 0.6 is 35.3 Å². The Balaban J connectivity index is 1.94. The second kappa shape index (κ2) is 5.71. The fraction of sp³-hybridized carbons (Fsp3) is 0.0667. The lowest BCUT2D eigenvalue weighted by Gasteiger charge is -2.14. The molecule has 2 nitrogen and oxygen atoms in total. The topological polar surface area (TPSA) is 20.3 Å². The highest BCUT2D eigenvalue weighted by Gasteiger charge is 2.33. The largest absolute Gasteiger partial charge is 0.270 e. The number of carbonyl (C=O) groups is 1. The van der Waals surface area contributed by atoms with Gasteiger partial charge in [-0.15, -0.1) is 11.3 Å². The molecule has 2 aromatic rings. The number of nitrogens with zero attached hydrogens (tertiary/aromatic N) is 1. The summed E-state index contributed by atoms with van der Waals surface area (Å²) in [5.74, 6) is -0.502. The van der Waals surface area contributed by atoms with Crippen LogP contribution in [0.4, 0.5) is 10.1 Å². The molecule has 0 aliphatic carbocycles. The van der Waals surface area contributed by atoms with Gasteiger partial charge in [0.2, 0.25) is 0 Å². The fourth-order valence-corrected chi connectivity index (χ4v) is 4.15. The van der Waals surface area contributed by atoms with Crippen molar-refractivity contribution >= 4 is 57.3 Å². The number of hydrogen-bond acceptors (Lipinski definition) is 4. The maximum absolute atomic E-state index is 13.0. The molecule has 0 atom stereocenters. The van der Waals surface area contributed by atoms with Gasteiger partial charge in [-0.05, 0) is 54.3 Å². The van der Waals surface area contributed by atoms with Crippen molar-refractivity contribution in [3.05, 3.63) is 56.9 Å². The highest BCUT2D eigenvalue weighted by molar-refractivity contribution is 8.27. The van der Waals surface area contributed by atoms with Gasteiger partial charge in [-0.3, -0.25) is 9.69 Å². The first-order valence-corrected chi connectivity index (χ1v) is 8.24. The van der Waals surface area contributed by atoms with Gasteiger partial charge in [-0.2, -0.15) is 0 Å². The first kappa shape index (κ1) is 14.4. The summed E-state index contributed by atoms with van der Waals surface area (Å²) in [7, 11) is 0. The predicted octanol–water partition coefficient (Wildman–Crippen LogP) is 4.60. The van der Waals surface area contributed by atoms with E-state index in [-0.39, 0.29) is 11.7 Å². The van der Waals surface area contributed by atoms with Crippen molar-refractivity contribution in [2.45, 2.75) is 6.92 Å². The van der Waals surface area contributed by atoms with Crippen LogP contribution < -0.4 is 4.90 Å². The van der Waals surface area contributed by atoms with Crippen LogP contribution in [0, 0.1) is 12.7 Å². The van der Waals surface area contributed by atoms with Crippen molar-refractivity contribution in [3.8, 4) is 0 Å². The number of halogens is 1. The average Bonchev–Trinajstić information content (AvgIpc) is 2.97. The zero-order chi connectivity index (χ0) is 15.0. The highest BCUT2D eigenvalue weighted by Crippen LogP contribution is 2.36. The molecule has 1 aliphatic heterocycles. The summed E-state index contributed by atoms with van der Waals surface area (Å²) >= 11 is 8.13. The highest BCUT2D eigenvalue weighted by atomic mass is 32.2. The third-order valence-corrected chi connectivity index (χ3v) is 5.31. The molecule has 1 aliphatic rings. The van der Waals surface area contributed by atoms with Crippen LogP contribution in [-0.4, -0.2) is 10.2 Å². The number of rotatable bonds is 2. The van der Waals surface area contributed by atoms with E-state index in [0.717, 1.165) is 10.4 Å². The van der Waals surface area contributed by atoms with E-state index < -0.39 is 0 Å². The van der Waals surface area contributed by atoms with Gasteiger partial charge in [0.15, 0.2) is 4.32 Å². The zero-order valence-corrected chi connectivity index (χ0v) is 13.4. The summed E-state index contributed by atoms with van der Waals surface area (Å²) in [6, 6.07) is 7.76. The fourth-order valence-electron chi connectivity index (χ4n) is 1.93. The molecule has 0 radical (unpaired) electrons. The molecule has 2 heterocycles. The SMILES string of the molecule is Cc1ccsc1/C=C1/SC(=S)N(c2ccc(F)cc2)C1=O. The Hall–Kier alpha value is -1.50. The first-order valence-electron chi connectivity index (χ1n) is 6.14. The van der Waals surface area contributed by atoms with Gasteiger partial charge < -0.3 is 0 Å². The van der Waals surface area contributed by atoms with Gasteiger partial charge in [0.1, 0.15) is 5.82 Å². The lowest BCUT2D eigenvalue weighted by Crippen LogP contribution is -2.27. The van der Waals surface area contributed by atoms with Crippen LogP contribution in [0.15, 0.2) is 40.6 Å².